The first-order chi connectivity index (χ1) is 14.7. The predicted octanol–water partition coefficient (Wildman–Crippen LogP) is 5.11. The van der Waals surface area contributed by atoms with Gasteiger partial charge in [0.15, 0.2) is 5.82 Å². The van der Waals surface area contributed by atoms with Gasteiger partial charge in [-0.1, -0.05) is 41.9 Å². The highest BCUT2D eigenvalue weighted by Gasteiger charge is 2.18. The molecule has 3 heterocycles. The van der Waals surface area contributed by atoms with E-state index in [0.717, 1.165) is 22.0 Å². The SMILES string of the molecule is Nc1nc(-c2ccccc2)c(-c2cc(Cl)c3[nH]ncc3c2)nc1Oc1cccnc1. The first-order valence-electron chi connectivity index (χ1n) is 9.13. The lowest BCUT2D eigenvalue weighted by molar-refractivity contribution is 0.462. The van der Waals surface area contributed by atoms with E-state index in [-0.39, 0.29) is 11.7 Å². The van der Waals surface area contributed by atoms with Gasteiger partial charge in [-0.25, -0.2) is 9.97 Å². The van der Waals surface area contributed by atoms with E-state index >= 15 is 0 Å². The van der Waals surface area contributed by atoms with Gasteiger partial charge in [-0.3, -0.25) is 10.1 Å². The molecule has 0 amide bonds. The summed E-state index contributed by atoms with van der Waals surface area (Å²) >= 11 is 6.47. The molecule has 0 aliphatic rings. The van der Waals surface area contributed by atoms with E-state index in [1.807, 2.05) is 42.5 Å². The lowest BCUT2D eigenvalue weighted by Gasteiger charge is -2.14. The highest BCUT2D eigenvalue weighted by molar-refractivity contribution is 6.35. The Morgan fingerprint density at radius 3 is 2.53 bits per heavy atom. The molecule has 8 heteroatoms. The van der Waals surface area contributed by atoms with Crippen molar-refractivity contribution in [2.75, 3.05) is 5.73 Å². The molecular formula is C22H15ClN6O. The normalized spacial score (nSPS) is 11.0. The van der Waals surface area contributed by atoms with Crippen LogP contribution in [0.25, 0.3) is 33.4 Å². The van der Waals surface area contributed by atoms with E-state index in [2.05, 4.69) is 20.2 Å². The number of hydrogen-bond acceptors (Lipinski definition) is 6. The van der Waals surface area contributed by atoms with Gasteiger partial charge in [-0.2, -0.15) is 5.10 Å². The van der Waals surface area contributed by atoms with Gasteiger partial charge in [0.1, 0.15) is 11.4 Å². The number of hydrogen-bond donors (Lipinski definition) is 2. The fourth-order valence-electron chi connectivity index (χ4n) is 3.18. The Labute approximate surface area is 176 Å². The Hall–Kier alpha value is -3.97. The van der Waals surface area contributed by atoms with Crippen molar-refractivity contribution in [3.63, 3.8) is 0 Å². The molecular weight excluding hydrogens is 400 g/mol. The fourth-order valence-corrected chi connectivity index (χ4v) is 3.45. The molecule has 0 bridgehead atoms. The maximum absolute atomic E-state index is 6.47. The number of pyridine rings is 1. The largest absolute Gasteiger partial charge is 0.434 e. The van der Waals surface area contributed by atoms with E-state index < -0.39 is 0 Å². The van der Waals surface area contributed by atoms with Crippen LogP contribution in [0.2, 0.25) is 5.02 Å². The summed E-state index contributed by atoms with van der Waals surface area (Å²) in [6.45, 7) is 0. The van der Waals surface area contributed by atoms with Gasteiger partial charge < -0.3 is 10.5 Å². The van der Waals surface area contributed by atoms with Crippen LogP contribution in [0.1, 0.15) is 0 Å². The molecule has 2 aromatic carbocycles. The average molecular weight is 415 g/mol. The topological polar surface area (TPSA) is 103 Å². The summed E-state index contributed by atoms with van der Waals surface area (Å²) in [5, 5.41) is 8.36. The van der Waals surface area contributed by atoms with E-state index in [4.69, 9.17) is 27.1 Å². The van der Waals surface area contributed by atoms with Crippen LogP contribution in [0, 0.1) is 0 Å². The summed E-state index contributed by atoms with van der Waals surface area (Å²) in [7, 11) is 0. The molecule has 0 saturated heterocycles. The second kappa shape index (κ2) is 7.46. The first kappa shape index (κ1) is 18.1. The Morgan fingerprint density at radius 2 is 1.73 bits per heavy atom. The molecule has 3 N–H and O–H groups in total. The molecule has 0 fully saturated rings. The van der Waals surface area contributed by atoms with Crippen LogP contribution in [0.5, 0.6) is 11.6 Å². The molecule has 5 rings (SSSR count). The van der Waals surface area contributed by atoms with Gasteiger partial charge in [0.05, 0.1) is 28.6 Å². The minimum absolute atomic E-state index is 0.178. The molecule has 0 spiro atoms. The number of ether oxygens (including phenoxy) is 1. The fraction of sp³-hybridized carbons (Fsp3) is 0. The van der Waals surface area contributed by atoms with Crippen LogP contribution in [0.3, 0.4) is 0 Å². The van der Waals surface area contributed by atoms with Gasteiger partial charge >= 0.3 is 0 Å². The Bertz CT molecular complexity index is 1340. The molecule has 0 aliphatic heterocycles. The number of H-pyrrole nitrogens is 1. The summed E-state index contributed by atoms with van der Waals surface area (Å²) in [5.74, 6) is 0.887. The maximum Gasteiger partial charge on any atom is 0.263 e. The molecule has 3 aromatic heterocycles. The van der Waals surface area contributed by atoms with E-state index in [9.17, 15) is 0 Å². The summed E-state index contributed by atoms with van der Waals surface area (Å²) in [5.41, 5.74) is 9.84. The number of nitrogens with zero attached hydrogens (tertiary/aromatic N) is 4. The lowest BCUT2D eigenvalue weighted by Crippen LogP contribution is -2.03. The van der Waals surface area contributed by atoms with E-state index in [1.165, 1.54) is 0 Å². The third kappa shape index (κ3) is 3.31. The van der Waals surface area contributed by atoms with Crippen molar-refractivity contribution in [3.05, 3.63) is 78.2 Å². The van der Waals surface area contributed by atoms with Gasteiger partial charge in [0.25, 0.3) is 5.88 Å². The zero-order valence-electron chi connectivity index (χ0n) is 15.6. The van der Waals surface area contributed by atoms with Crippen LogP contribution in [-0.2, 0) is 0 Å². The van der Waals surface area contributed by atoms with Gasteiger partial charge in [-0.15, -0.1) is 0 Å². The minimum atomic E-state index is 0.178. The highest BCUT2D eigenvalue weighted by atomic mass is 35.5. The number of aromatic nitrogens is 5. The molecule has 7 nitrogen and oxygen atoms in total. The first-order valence-corrected chi connectivity index (χ1v) is 9.50. The van der Waals surface area contributed by atoms with Gasteiger partial charge in [-0.05, 0) is 24.3 Å². The molecule has 5 aromatic rings. The van der Waals surface area contributed by atoms with Crippen molar-refractivity contribution < 1.29 is 4.74 Å². The molecule has 0 unspecified atom stereocenters. The number of rotatable bonds is 4. The van der Waals surface area contributed by atoms with Crippen molar-refractivity contribution >= 4 is 28.3 Å². The highest BCUT2D eigenvalue weighted by Crippen LogP contribution is 2.37. The zero-order valence-corrected chi connectivity index (χ0v) is 16.3. The van der Waals surface area contributed by atoms with Crippen LogP contribution >= 0.6 is 11.6 Å². The standard InChI is InChI=1S/C22H15ClN6O/c23-17-10-14(9-15-11-26-29-18(15)17)20-19(13-5-2-1-3-6-13)27-21(24)22(28-20)30-16-7-4-8-25-12-16/h1-12H,(H2,24,27)(H,26,29). The van der Waals surface area contributed by atoms with Crippen LogP contribution in [0.15, 0.2) is 73.2 Å². The van der Waals surface area contributed by atoms with E-state index in [0.29, 0.717) is 22.2 Å². The summed E-state index contributed by atoms with van der Waals surface area (Å²) < 4.78 is 5.85. The quantitative estimate of drug-likeness (QED) is 0.423. The molecule has 30 heavy (non-hydrogen) atoms. The Balaban J connectivity index is 1.72. The number of halogens is 1. The van der Waals surface area contributed by atoms with Crippen LogP contribution < -0.4 is 10.5 Å². The summed E-state index contributed by atoms with van der Waals surface area (Å²) in [4.78, 5) is 13.4. The van der Waals surface area contributed by atoms with Crippen molar-refractivity contribution in [2.45, 2.75) is 0 Å². The number of anilines is 1. The molecule has 0 saturated carbocycles. The number of nitrogen functional groups attached to an aromatic ring is 1. The maximum atomic E-state index is 6.47. The molecule has 146 valence electrons. The van der Waals surface area contributed by atoms with Crippen molar-refractivity contribution in [1.82, 2.24) is 25.1 Å². The predicted molar refractivity (Wildman–Crippen MR) is 116 cm³/mol. The third-order valence-corrected chi connectivity index (χ3v) is 4.86. The number of nitrogens with one attached hydrogen (secondary N) is 1. The molecule has 0 aliphatic carbocycles. The van der Waals surface area contributed by atoms with Crippen LogP contribution in [-0.4, -0.2) is 25.1 Å². The number of aromatic amines is 1. The van der Waals surface area contributed by atoms with Gasteiger partial charge in [0.2, 0.25) is 0 Å². The number of nitrogens with two attached hydrogens (primary N) is 1. The molecule has 0 atom stereocenters. The third-order valence-electron chi connectivity index (χ3n) is 4.56. The summed E-state index contributed by atoms with van der Waals surface area (Å²) in [6, 6.07) is 17.0. The Kier molecular flexibility index (Phi) is 4.49. The zero-order chi connectivity index (χ0) is 20.5. The van der Waals surface area contributed by atoms with Crippen molar-refractivity contribution in [2.24, 2.45) is 0 Å². The van der Waals surface area contributed by atoms with Crippen molar-refractivity contribution in [3.8, 4) is 34.1 Å². The second-order valence-corrected chi connectivity index (χ2v) is 6.97. The van der Waals surface area contributed by atoms with Gasteiger partial charge in [0, 0.05) is 22.7 Å². The number of benzene rings is 2. The van der Waals surface area contributed by atoms with Crippen LogP contribution in [0.4, 0.5) is 5.82 Å². The Morgan fingerprint density at radius 1 is 0.900 bits per heavy atom. The second-order valence-electron chi connectivity index (χ2n) is 6.56. The monoisotopic (exact) mass is 414 g/mol. The number of fused-ring (bicyclic) bond motifs is 1. The smallest absolute Gasteiger partial charge is 0.263 e. The lowest BCUT2D eigenvalue weighted by atomic mass is 10.0. The molecule has 0 radical (unpaired) electrons. The van der Waals surface area contributed by atoms with Crippen molar-refractivity contribution in [1.29, 1.82) is 0 Å². The summed E-state index contributed by atoms with van der Waals surface area (Å²) in [6.07, 6.45) is 4.96. The van der Waals surface area contributed by atoms with E-state index in [1.54, 1.807) is 30.7 Å². The minimum Gasteiger partial charge on any atom is -0.434 e. The average Bonchev–Trinajstić information content (AvgIpc) is 3.26.